The van der Waals surface area contributed by atoms with Gasteiger partial charge in [-0.1, -0.05) is 71.7 Å². The summed E-state index contributed by atoms with van der Waals surface area (Å²) >= 11 is 12.3. The van der Waals surface area contributed by atoms with Crippen molar-refractivity contribution in [3.8, 4) is 0 Å². The van der Waals surface area contributed by atoms with Crippen molar-refractivity contribution < 1.29 is 13.2 Å². The van der Waals surface area contributed by atoms with Crippen molar-refractivity contribution in [2.45, 2.75) is 36.7 Å². The second kappa shape index (κ2) is 10.3. The maximum atomic E-state index is 13.4. The highest BCUT2D eigenvalue weighted by Gasteiger charge is 2.29. The predicted molar refractivity (Wildman–Crippen MR) is 131 cm³/mol. The molecular formula is C25H24Cl2N2O3S. The van der Waals surface area contributed by atoms with Crippen LogP contribution in [0.1, 0.15) is 35.6 Å². The minimum Gasteiger partial charge on any atom is -0.348 e. The number of halogens is 2. The Morgan fingerprint density at radius 1 is 1.00 bits per heavy atom. The third kappa shape index (κ3) is 5.58. The van der Waals surface area contributed by atoms with Crippen LogP contribution >= 0.6 is 23.2 Å². The first kappa shape index (κ1) is 23.8. The first-order chi connectivity index (χ1) is 15.8. The molecule has 0 spiro atoms. The molecule has 0 saturated heterocycles. The molecule has 1 amide bonds. The Morgan fingerprint density at radius 3 is 2.48 bits per heavy atom. The average Bonchev–Trinajstić information content (AvgIpc) is 2.81. The first-order valence-corrected chi connectivity index (χ1v) is 12.9. The van der Waals surface area contributed by atoms with Gasteiger partial charge in [0.2, 0.25) is 15.9 Å². The number of rotatable bonds is 7. The van der Waals surface area contributed by atoms with E-state index in [4.69, 9.17) is 23.2 Å². The van der Waals surface area contributed by atoms with E-state index in [0.29, 0.717) is 15.6 Å². The Kier molecular flexibility index (Phi) is 7.39. The summed E-state index contributed by atoms with van der Waals surface area (Å²) in [6.45, 7) is -0.378. The standard InChI is InChI=1S/C25H24Cl2N2O3S/c26-20-14-13-19(23(27)15-20)16-29(33(31,32)21-9-2-1-3-10-21)17-25(30)28-24-12-6-8-18-7-4-5-11-22(18)24/h1-5,7,9-11,13-15,24H,6,8,12,16-17H2,(H,28,30)/t24-/m1/s1. The Hall–Kier alpha value is -2.38. The van der Waals surface area contributed by atoms with Crippen LogP contribution in [0.5, 0.6) is 0 Å². The van der Waals surface area contributed by atoms with Gasteiger partial charge in [0.25, 0.3) is 0 Å². The zero-order valence-electron chi connectivity index (χ0n) is 17.9. The molecule has 172 valence electrons. The average molecular weight is 503 g/mol. The van der Waals surface area contributed by atoms with Crippen LogP contribution in [0.15, 0.2) is 77.7 Å². The first-order valence-electron chi connectivity index (χ1n) is 10.7. The van der Waals surface area contributed by atoms with E-state index < -0.39 is 10.0 Å². The maximum absolute atomic E-state index is 13.4. The van der Waals surface area contributed by atoms with Crippen LogP contribution in [0.3, 0.4) is 0 Å². The van der Waals surface area contributed by atoms with Crippen LogP contribution in [0, 0.1) is 0 Å². The number of benzene rings is 3. The molecule has 1 N–H and O–H groups in total. The zero-order valence-corrected chi connectivity index (χ0v) is 20.2. The Morgan fingerprint density at radius 2 is 1.73 bits per heavy atom. The Bertz CT molecular complexity index is 1250. The van der Waals surface area contributed by atoms with Gasteiger partial charge >= 0.3 is 0 Å². The van der Waals surface area contributed by atoms with E-state index in [-0.39, 0.29) is 29.9 Å². The lowest BCUT2D eigenvalue weighted by Gasteiger charge is -2.28. The van der Waals surface area contributed by atoms with Crippen LogP contribution in [0.4, 0.5) is 0 Å². The highest BCUT2D eigenvalue weighted by Crippen LogP contribution is 2.30. The normalized spacial score (nSPS) is 15.8. The zero-order chi connectivity index (χ0) is 23.4. The summed E-state index contributed by atoms with van der Waals surface area (Å²) in [5.41, 5.74) is 2.88. The summed E-state index contributed by atoms with van der Waals surface area (Å²) in [6.07, 6.45) is 2.76. The molecule has 3 aromatic rings. The highest BCUT2D eigenvalue weighted by atomic mass is 35.5. The minimum absolute atomic E-state index is 0.0537. The summed E-state index contributed by atoms with van der Waals surface area (Å²) in [6, 6.07) is 20.9. The molecule has 4 rings (SSSR count). The third-order valence-corrected chi connectivity index (χ3v) is 8.16. The molecular weight excluding hydrogens is 479 g/mol. The minimum atomic E-state index is -3.94. The quantitative estimate of drug-likeness (QED) is 0.471. The largest absolute Gasteiger partial charge is 0.348 e. The van der Waals surface area contributed by atoms with Crippen molar-refractivity contribution in [2.24, 2.45) is 0 Å². The number of hydrogen-bond donors (Lipinski definition) is 1. The number of nitrogens with one attached hydrogen (secondary N) is 1. The van der Waals surface area contributed by atoms with E-state index in [1.54, 1.807) is 36.4 Å². The van der Waals surface area contributed by atoms with E-state index in [1.165, 1.54) is 17.7 Å². The van der Waals surface area contributed by atoms with Crippen molar-refractivity contribution in [2.75, 3.05) is 6.54 Å². The summed E-state index contributed by atoms with van der Waals surface area (Å²) in [4.78, 5) is 13.2. The molecule has 1 aliphatic carbocycles. The topological polar surface area (TPSA) is 66.5 Å². The van der Waals surface area contributed by atoms with E-state index >= 15 is 0 Å². The number of sulfonamides is 1. The number of carbonyl (C=O) groups is 1. The van der Waals surface area contributed by atoms with Gasteiger partial charge in [-0.3, -0.25) is 4.79 Å². The van der Waals surface area contributed by atoms with Gasteiger partial charge in [-0.25, -0.2) is 8.42 Å². The number of fused-ring (bicyclic) bond motifs is 1. The van der Waals surface area contributed by atoms with Gasteiger partial charge in [0, 0.05) is 16.6 Å². The van der Waals surface area contributed by atoms with Gasteiger partial charge in [0.15, 0.2) is 0 Å². The van der Waals surface area contributed by atoms with E-state index in [2.05, 4.69) is 11.4 Å². The molecule has 0 fully saturated rings. The van der Waals surface area contributed by atoms with Gasteiger partial charge in [0.05, 0.1) is 17.5 Å². The Labute approximate surface area is 204 Å². The number of carbonyl (C=O) groups excluding carboxylic acids is 1. The smallest absolute Gasteiger partial charge is 0.243 e. The van der Waals surface area contributed by atoms with Crippen LogP contribution in [0.2, 0.25) is 10.0 Å². The number of hydrogen-bond acceptors (Lipinski definition) is 3. The molecule has 0 saturated carbocycles. The van der Waals surface area contributed by atoms with Crippen molar-refractivity contribution in [1.82, 2.24) is 9.62 Å². The molecule has 1 aliphatic rings. The number of nitrogens with zero attached hydrogens (tertiary/aromatic N) is 1. The van der Waals surface area contributed by atoms with Gasteiger partial charge in [-0.2, -0.15) is 4.31 Å². The van der Waals surface area contributed by atoms with Crippen molar-refractivity contribution >= 4 is 39.1 Å². The van der Waals surface area contributed by atoms with Gasteiger partial charge < -0.3 is 5.32 Å². The third-order valence-electron chi connectivity index (χ3n) is 5.77. The molecule has 0 radical (unpaired) electrons. The predicted octanol–water partition coefficient (Wildman–Crippen LogP) is 5.38. The Balaban J connectivity index is 1.59. The lowest BCUT2D eigenvalue weighted by molar-refractivity contribution is -0.122. The van der Waals surface area contributed by atoms with Crippen LogP contribution in [0.25, 0.3) is 0 Å². The van der Waals surface area contributed by atoms with Gasteiger partial charge in [-0.05, 0) is 60.2 Å². The van der Waals surface area contributed by atoms with Crippen molar-refractivity contribution in [3.63, 3.8) is 0 Å². The second-order valence-corrected chi connectivity index (χ2v) is 10.8. The van der Waals surface area contributed by atoms with E-state index in [1.807, 2.05) is 18.2 Å². The monoisotopic (exact) mass is 502 g/mol. The highest BCUT2D eigenvalue weighted by molar-refractivity contribution is 7.89. The van der Waals surface area contributed by atoms with Crippen LogP contribution in [-0.4, -0.2) is 25.2 Å². The molecule has 1 atom stereocenters. The van der Waals surface area contributed by atoms with E-state index in [0.717, 1.165) is 29.1 Å². The molecule has 0 bridgehead atoms. The molecule has 0 heterocycles. The van der Waals surface area contributed by atoms with Crippen molar-refractivity contribution in [3.05, 3.63) is 99.5 Å². The summed E-state index contributed by atoms with van der Waals surface area (Å²) < 4.78 is 28.0. The van der Waals surface area contributed by atoms with Crippen LogP contribution in [-0.2, 0) is 27.8 Å². The fraction of sp³-hybridized carbons (Fsp3) is 0.240. The fourth-order valence-electron chi connectivity index (χ4n) is 4.11. The summed E-state index contributed by atoms with van der Waals surface area (Å²) in [7, 11) is -3.94. The second-order valence-electron chi connectivity index (χ2n) is 8.03. The molecule has 33 heavy (non-hydrogen) atoms. The van der Waals surface area contributed by atoms with E-state index in [9.17, 15) is 13.2 Å². The number of amides is 1. The maximum Gasteiger partial charge on any atom is 0.243 e. The molecule has 0 aromatic heterocycles. The van der Waals surface area contributed by atoms with Gasteiger partial charge in [-0.15, -0.1) is 0 Å². The lowest BCUT2D eigenvalue weighted by atomic mass is 9.88. The SMILES string of the molecule is O=C(CN(Cc1ccc(Cl)cc1Cl)S(=O)(=O)c1ccccc1)N[C@@H]1CCCc2ccccc21. The van der Waals surface area contributed by atoms with Crippen LogP contribution < -0.4 is 5.32 Å². The summed E-state index contributed by atoms with van der Waals surface area (Å²) in [5.74, 6) is -0.360. The molecule has 8 heteroatoms. The molecule has 0 aliphatic heterocycles. The molecule has 0 unspecified atom stereocenters. The molecule has 5 nitrogen and oxygen atoms in total. The van der Waals surface area contributed by atoms with Crippen molar-refractivity contribution in [1.29, 1.82) is 0 Å². The fourth-order valence-corrected chi connectivity index (χ4v) is 5.98. The van der Waals surface area contributed by atoms with Gasteiger partial charge in [0.1, 0.15) is 0 Å². The lowest BCUT2D eigenvalue weighted by Crippen LogP contribution is -2.42. The summed E-state index contributed by atoms with van der Waals surface area (Å²) in [5, 5.41) is 3.84. The molecule has 3 aromatic carbocycles. The number of aryl methyl sites for hydroxylation is 1.